The predicted octanol–water partition coefficient (Wildman–Crippen LogP) is 3.74. The van der Waals surface area contributed by atoms with E-state index in [2.05, 4.69) is 22.5 Å². The fourth-order valence-electron chi connectivity index (χ4n) is 4.06. The van der Waals surface area contributed by atoms with Gasteiger partial charge in [0.05, 0.1) is 0 Å². The molecule has 0 unspecified atom stereocenters. The van der Waals surface area contributed by atoms with Crippen molar-refractivity contribution in [1.82, 2.24) is 10.6 Å². The van der Waals surface area contributed by atoms with Gasteiger partial charge in [-0.3, -0.25) is 9.59 Å². The molecule has 0 spiro atoms. The van der Waals surface area contributed by atoms with Crippen molar-refractivity contribution in [3.8, 4) is 11.8 Å². The van der Waals surface area contributed by atoms with Gasteiger partial charge < -0.3 is 15.4 Å². The van der Waals surface area contributed by atoms with Gasteiger partial charge in [-0.15, -0.1) is 0 Å². The molecule has 1 saturated carbocycles. The average molecular weight is 461 g/mol. The number of hydrogen-bond donors (Lipinski definition) is 2. The highest BCUT2D eigenvalue weighted by Crippen LogP contribution is 2.29. The molecule has 0 bridgehead atoms. The molecule has 34 heavy (non-hydrogen) atoms. The molecule has 0 heterocycles. The van der Waals surface area contributed by atoms with Crippen LogP contribution in [0.1, 0.15) is 57.1 Å². The molecule has 6 nitrogen and oxygen atoms in total. The maximum absolute atomic E-state index is 13.4. The van der Waals surface area contributed by atoms with E-state index in [1.165, 1.54) is 0 Å². The molecule has 2 aromatic carbocycles. The molecule has 2 N–H and O–H groups in total. The molecular weight excluding hydrogens is 428 g/mol. The number of amides is 2. The zero-order valence-electron chi connectivity index (χ0n) is 19.8. The third kappa shape index (κ3) is 6.95. The summed E-state index contributed by atoms with van der Waals surface area (Å²) >= 11 is 0. The summed E-state index contributed by atoms with van der Waals surface area (Å²) in [6.45, 7) is 3.84. The Balaban J connectivity index is 1.69. The van der Waals surface area contributed by atoms with E-state index in [4.69, 9.17) is 4.74 Å². The van der Waals surface area contributed by atoms with E-state index < -0.39 is 23.5 Å². The van der Waals surface area contributed by atoms with Crippen molar-refractivity contribution in [2.75, 3.05) is 0 Å². The Bertz CT molecular complexity index is 1030. The van der Waals surface area contributed by atoms with Gasteiger partial charge in [-0.2, -0.15) is 0 Å². The van der Waals surface area contributed by atoms with Crippen molar-refractivity contribution in [2.45, 2.75) is 64.1 Å². The standard InChI is InChI=1S/C28H32N2O4/c1-21(2)25(26(32)34-20-23-14-8-4-9-15-23)29-27(33)28(18-10-5-11-19-28)30-24(31)17-16-22-12-6-3-7-13-22/h3-4,6-9,12-15,21,25H,5,10-11,18-20H2,1-2H3,(H,29,33)(H,30,31)/t25-/m0/s1. The number of ether oxygens (including phenoxy) is 1. The molecule has 178 valence electrons. The monoisotopic (exact) mass is 460 g/mol. The van der Waals surface area contributed by atoms with Gasteiger partial charge in [0.2, 0.25) is 5.91 Å². The van der Waals surface area contributed by atoms with Crippen LogP contribution in [0.25, 0.3) is 0 Å². The van der Waals surface area contributed by atoms with E-state index in [1.807, 2.05) is 74.5 Å². The van der Waals surface area contributed by atoms with Crippen molar-refractivity contribution >= 4 is 17.8 Å². The average Bonchev–Trinajstić information content (AvgIpc) is 2.86. The summed E-state index contributed by atoms with van der Waals surface area (Å²) in [6.07, 6.45) is 3.62. The van der Waals surface area contributed by atoms with Crippen LogP contribution in [0.15, 0.2) is 60.7 Å². The Hall–Kier alpha value is -3.59. The van der Waals surface area contributed by atoms with Crippen molar-refractivity contribution in [1.29, 1.82) is 0 Å². The molecule has 2 amide bonds. The van der Waals surface area contributed by atoms with Crippen LogP contribution in [0, 0.1) is 17.8 Å². The quantitative estimate of drug-likeness (QED) is 0.487. The van der Waals surface area contributed by atoms with E-state index in [0.717, 1.165) is 30.4 Å². The third-order valence-electron chi connectivity index (χ3n) is 6.02. The highest BCUT2D eigenvalue weighted by Gasteiger charge is 2.42. The van der Waals surface area contributed by atoms with Gasteiger partial charge in [0, 0.05) is 11.5 Å². The van der Waals surface area contributed by atoms with E-state index in [0.29, 0.717) is 12.8 Å². The normalized spacial score (nSPS) is 15.4. The molecule has 0 aromatic heterocycles. The summed E-state index contributed by atoms with van der Waals surface area (Å²) in [5.41, 5.74) is 0.506. The maximum atomic E-state index is 13.4. The lowest BCUT2D eigenvalue weighted by atomic mass is 9.80. The van der Waals surface area contributed by atoms with Gasteiger partial charge in [-0.05, 0) is 36.5 Å². The van der Waals surface area contributed by atoms with Crippen LogP contribution < -0.4 is 10.6 Å². The van der Waals surface area contributed by atoms with Crippen molar-refractivity contribution in [2.24, 2.45) is 5.92 Å². The Labute approximate surface area is 201 Å². The molecule has 1 aliphatic rings. The smallest absolute Gasteiger partial charge is 0.329 e. The van der Waals surface area contributed by atoms with Gasteiger partial charge in [0.25, 0.3) is 5.91 Å². The molecule has 0 aliphatic heterocycles. The minimum absolute atomic E-state index is 0.135. The van der Waals surface area contributed by atoms with Crippen LogP contribution in [0.3, 0.4) is 0 Å². The van der Waals surface area contributed by atoms with Crippen LogP contribution in [0.4, 0.5) is 0 Å². The summed E-state index contributed by atoms with van der Waals surface area (Å²) in [7, 11) is 0. The molecular formula is C28H32N2O4. The first kappa shape index (κ1) is 25.0. The number of rotatable bonds is 7. The number of esters is 1. The van der Waals surface area contributed by atoms with Crippen LogP contribution in [0.5, 0.6) is 0 Å². The highest BCUT2D eigenvalue weighted by atomic mass is 16.5. The molecule has 1 atom stereocenters. The van der Waals surface area contributed by atoms with Crippen LogP contribution in [-0.4, -0.2) is 29.4 Å². The Morgan fingerprint density at radius 3 is 2.18 bits per heavy atom. The predicted molar refractivity (Wildman–Crippen MR) is 130 cm³/mol. The van der Waals surface area contributed by atoms with Crippen LogP contribution in [-0.2, 0) is 25.7 Å². The first-order chi connectivity index (χ1) is 16.4. The fraction of sp³-hybridized carbons (Fsp3) is 0.393. The Morgan fingerprint density at radius 2 is 1.56 bits per heavy atom. The SMILES string of the molecule is CC(C)[C@H](NC(=O)C1(NC(=O)C#Cc2ccccc2)CCCCC1)C(=O)OCc1ccccc1. The van der Waals surface area contributed by atoms with Crippen molar-refractivity contribution in [3.05, 3.63) is 71.8 Å². The van der Waals surface area contributed by atoms with E-state index in [1.54, 1.807) is 0 Å². The lowest BCUT2D eigenvalue weighted by Crippen LogP contribution is -2.62. The number of carbonyl (C=O) groups is 3. The molecule has 1 fully saturated rings. The number of carbonyl (C=O) groups excluding carboxylic acids is 3. The minimum Gasteiger partial charge on any atom is -0.459 e. The van der Waals surface area contributed by atoms with E-state index >= 15 is 0 Å². The highest BCUT2D eigenvalue weighted by molar-refractivity contribution is 6.00. The van der Waals surface area contributed by atoms with Gasteiger partial charge >= 0.3 is 5.97 Å². The Kier molecular flexibility index (Phi) is 8.86. The molecule has 3 rings (SSSR count). The zero-order chi connectivity index (χ0) is 24.4. The van der Waals surface area contributed by atoms with Gasteiger partial charge in [0.15, 0.2) is 0 Å². The van der Waals surface area contributed by atoms with Crippen LogP contribution in [0.2, 0.25) is 0 Å². The van der Waals surface area contributed by atoms with E-state index in [-0.39, 0.29) is 18.4 Å². The maximum Gasteiger partial charge on any atom is 0.329 e. The van der Waals surface area contributed by atoms with Crippen LogP contribution >= 0.6 is 0 Å². The molecule has 1 aliphatic carbocycles. The first-order valence-electron chi connectivity index (χ1n) is 11.8. The van der Waals surface area contributed by atoms with Gasteiger partial charge in [-0.25, -0.2) is 4.79 Å². The third-order valence-corrected chi connectivity index (χ3v) is 6.02. The van der Waals surface area contributed by atoms with Crippen molar-refractivity contribution < 1.29 is 19.1 Å². The number of benzene rings is 2. The van der Waals surface area contributed by atoms with E-state index in [9.17, 15) is 14.4 Å². The number of nitrogens with one attached hydrogen (secondary N) is 2. The second kappa shape index (κ2) is 12.0. The molecule has 2 aromatic rings. The largest absolute Gasteiger partial charge is 0.459 e. The lowest BCUT2D eigenvalue weighted by molar-refractivity contribution is -0.151. The summed E-state index contributed by atoms with van der Waals surface area (Å²) < 4.78 is 5.48. The van der Waals surface area contributed by atoms with Gasteiger partial charge in [-0.1, -0.05) is 87.6 Å². The summed E-state index contributed by atoms with van der Waals surface area (Å²) in [4.78, 5) is 38.9. The second-order valence-electron chi connectivity index (χ2n) is 9.00. The molecule has 0 radical (unpaired) electrons. The summed E-state index contributed by atoms with van der Waals surface area (Å²) in [5, 5.41) is 5.73. The number of hydrogen-bond acceptors (Lipinski definition) is 4. The minimum atomic E-state index is -1.09. The molecule has 0 saturated heterocycles. The summed E-state index contributed by atoms with van der Waals surface area (Å²) in [6, 6.07) is 17.8. The topological polar surface area (TPSA) is 84.5 Å². The zero-order valence-corrected chi connectivity index (χ0v) is 19.8. The second-order valence-corrected chi connectivity index (χ2v) is 9.00. The Morgan fingerprint density at radius 1 is 0.941 bits per heavy atom. The lowest BCUT2D eigenvalue weighted by Gasteiger charge is -2.37. The first-order valence-corrected chi connectivity index (χ1v) is 11.8. The molecule has 6 heteroatoms. The van der Waals surface area contributed by atoms with Crippen molar-refractivity contribution in [3.63, 3.8) is 0 Å². The summed E-state index contributed by atoms with van der Waals surface area (Å²) in [5.74, 6) is 3.88. The fourth-order valence-corrected chi connectivity index (χ4v) is 4.06. The van der Waals surface area contributed by atoms with Gasteiger partial charge in [0.1, 0.15) is 18.2 Å².